The summed E-state index contributed by atoms with van der Waals surface area (Å²) in [5, 5.41) is 3.31. The van der Waals surface area contributed by atoms with Gasteiger partial charge in [0, 0.05) is 6.54 Å². The van der Waals surface area contributed by atoms with Crippen molar-refractivity contribution in [1.29, 1.82) is 0 Å². The highest BCUT2D eigenvalue weighted by Crippen LogP contribution is 2.05. The lowest BCUT2D eigenvalue weighted by Crippen LogP contribution is -2.12. The van der Waals surface area contributed by atoms with Crippen molar-refractivity contribution in [3.8, 4) is 0 Å². The molecule has 1 rings (SSSR count). The molecular formula is C12H21N. The average Bonchev–Trinajstić information content (AvgIpc) is 2.20. The molecule has 0 aliphatic heterocycles. The van der Waals surface area contributed by atoms with Gasteiger partial charge in [-0.25, -0.2) is 0 Å². The van der Waals surface area contributed by atoms with Crippen LogP contribution in [0, 0.1) is 6.92 Å². The molecule has 0 saturated heterocycles. The van der Waals surface area contributed by atoms with Gasteiger partial charge in [-0.15, -0.1) is 0 Å². The number of nitrogens with one attached hydrogen (secondary N) is 1. The first kappa shape index (κ1) is 12.2. The molecule has 1 N–H and O–H groups in total. The fraction of sp³-hybridized carbons (Fsp3) is 0.500. The Kier molecular flexibility index (Phi) is 7.32. The van der Waals surface area contributed by atoms with E-state index < -0.39 is 0 Å². The Morgan fingerprint density at radius 3 is 2.31 bits per heavy atom. The van der Waals surface area contributed by atoms with Crippen LogP contribution >= 0.6 is 0 Å². The molecule has 1 nitrogen and oxygen atoms in total. The smallest absolute Gasteiger partial charge is 0.0208 e. The average molecular weight is 179 g/mol. The van der Waals surface area contributed by atoms with Gasteiger partial charge in [-0.05, 0) is 24.6 Å². The maximum atomic E-state index is 3.31. The van der Waals surface area contributed by atoms with Gasteiger partial charge in [-0.3, -0.25) is 0 Å². The van der Waals surface area contributed by atoms with E-state index in [9.17, 15) is 0 Å². The zero-order chi connectivity index (χ0) is 10.1. The monoisotopic (exact) mass is 179 g/mol. The van der Waals surface area contributed by atoms with Gasteiger partial charge in [-0.2, -0.15) is 0 Å². The van der Waals surface area contributed by atoms with Crippen LogP contribution in [0.2, 0.25) is 0 Å². The first-order valence-electron chi connectivity index (χ1n) is 5.10. The second-order valence-corrected chi connectivity index (χ2v) is 2.71. The van der Waals surface area contributed by atoms with E-state index in [0.717, 1.165) is 13.1 Å². The molecule has 74 valence electrons. The van der Waals surface area contributed by atoms with Crippen molar-refractivity contribution in [2.24, 2.45) is 0 Å². The van der Waals surface area contributed by atoms with E-state index in [1.165, 1.54) is 11.1 Å². The van der Waals surface area contributed by atoms with E-state index in [4.69, 9.17) is 0 Å². The minimum absolute atomic E-state index is 0.989. The van der Waals surface area contributed by atoms with Gasteiger partial charge >= 0.3 is 0 Å². The molecule has 1 heteroatoms. The van der Waals surface area contributed by atoms with Crippen molar-refractivity contribution < 1.29 is 0 Å². The summed E-state index contributed by atoms with van der Waals surface area (Å²) in [5.41, 5.74) is 2.77. The molecule has 0 bridgehead atoms. The van der Waals surface area contributed by atoms with Crippen LogP contribution in [0.4, 0.5) is 0 Å². The second-order valence-electron chi connectivity index (χ2n) is 2.71. The molecule has 0 atom stereocenters. The molecule has 0 heterocycles. The van der Waals surface area contributed by atoms with Crippen LogP contribution in [-0.2, 0) is 6.54 Å². The Balaban J connectivity index is 0.000000671. The lowest BCUT2D eigenvalue weighted by atomic mass is 10.1. The van der Waals surface area contributed by atoms with Crippen LogP contribution in [0.15, 0.2) is 24.3 Å². The van der Waals surface area contributed by atoms with E-state index in [1.807, 2.05) is 13.8 Å². The third-order valence-electron chi connectivity index (χ3n) is 1.83. The molecule has 0 saturated carbocycles. The van der Waals surface area contributed by atoms with Gasteiger partial charge in [0.1, 0.15) is 0 Å². The third kappa shape index (κ3) is 4.69. The minimum Gasteiger partial charge on any atom is -0.313 e. The fourth-order valence-corrected chi connectivity index (χ4v) is 1.07. The number of hydrogen-bond acceptors (Lipinski definition) is 1. The van der Waals surface area contributed by atoms with Crippen LogP contribution in [0.5, 0.6) is 0 Å². The lowest BCUT2D eigenvalue weighted by molar-refractivity contribution is 0.723. The predicted octanol–water partition coefficient (Wildman–Crippen LogP) is 3.13. The Hall–Kier alpha value is -0.820. The van der Waals surface area contributed by atoms with Crippen molar-refractivity contribution in [2.75, 3.05) is 6.54 Å². The molecule has 0 amide bonds. The largest absolute Gasteiger partial charge is 0.313 e. The number of benzene rings is 1. The number of rotatable bonds is 3. The Morgan fingerprint density at radius 1 is 1.15 bits per heavy atom. The number of aryl methyl sites for hydroxylation is 1. The second kappa shape index (κ2) is 7.81. The summed E-state index contributed by atoms with van der Waals surface area (Å²) < 4.78 is 0. The van der Waals surface area contributed by atoms with Crippen LogP contribution < -0.4 is 5.32 Å². The Bertz CT molecular complexity index is 218. The van der Waals surface area contributed by atoms with Crippen molar-refractivity contribution in [3.63, 3.8) is 0 Å². The Morgan fingerprint density at radius 2 is 1.77 bits per heavy atom. The summed E-state index contributed by atoms with van der Waals surface area (Å²) >= 11 is 0. The quantitative estimate of drug-likeness (QED) is 0.751. The van der Waals surface area contributed by atoms with Crippen molar-refractivity contribution >= 4 is 0 Å². The van der Waals surface area contributed by atoms with E-state index in [-0.39, 0.29) is 0 Å². The van der Waals surface area contributed by atoms with Gasteiger partial charge in [-0.1, -0.05) is 45.0 Å². The highest BCUT2D eigenvalue weighted by molar-refractivity contribution is 5.25. The SMILES string of the molecule is CC.CCNCc1ccccc1C. The van der Waals surface area contributed by atoms with Gasteiger partial charge in [0.2, 0.25) is 0 Å². The summed E-state index contributed by atoms with van der Waals surface area (Å²) in [7, 11) is 0. The molecule has 0 aromatic heterocycles. The van der Waals surface area contributed by atoms with Gasteiger partial charge < -0.3 is 5.32 Å². The van der Waals surface area contributed by atoms with Crippen molar-refractivity contribution in [2.45, 2.75) is 34.2 Å². The van der Waals surface area contributed by atoms with E-state index >= 15 is 0 Å². The Labute approximate surface area is 82.2 Å². The normalized spacial score (nSPS) is 8.92. The number of hydrogen-bond donors (Lipinski definition) is 1. The van der Waals surface area contributed by atoms with Gasteiger partial charge in [0.05, 0.1) is 0 Å². The van der Waals surface area contributed by atoms with E-state index in [2.05, 4.69) is 43.4 Å². The molecule has 13 heavy (non-hydrogen) atoms. The first-order chi connectivity index (χ1) is 6.34. The van der Waals surface area contributed by atoms with Crippen LogP contribution in [0.25, 0.3) is 0 Å². The maximum Gasteiger partial charge on any atom is 0.0208 e. The molecule has 0 radical (unpaired) electrons. The van der Waals surface area contributed by atoms with Crippen LogP contribution in [-0.4, -0.2) is 6.54 Å². The summed E-state index contributed by atoms with van der Waals surface area (Å²) in [6.45, 7) is 10.3. The van der Waals surface area contributed by atoms with Crippen LogP contribution in [0.1, 0.15) is 31.9 Å². The topological polar surface area (TPSA) is 12.0 Å². The van der Waals surface area contributed by atoms with Crippen molar-refractivity contribution in [1.82, 2.24) is 5.32 Å². The third-order valence-corrected chi connectivity index (χ3v) is 1.83. The standard InChI is InChI=1S/C10H15N.C2H6/c1-3-11-8-10-7-5-4-6-9(10)2;1-2/h4-7,11H,3,8H2,1-2H3;1-2H3. The van der Waals surface area contributed by atoms with Gasteiger partial charge in [0.15, 0.2) is 0 Å². The maximum absolute atomic E-state index is 3.31. The lowest BCUT2D eigenvalue weighted by Gasteiger charge is -2.04. The predicted molar refractivity (Wildman–Crippen MR) is 59.9 cm³/mol. The molecule has 0 unspecified atom stereocenters. The molecule has 0 aliphatic carbocycles. The molecule has 0 spiro atoms. The highest BCUT2D eigenvalue weighted by Gasteiger charge is 1.93. The zero-order valence-electron chi connectivity index (χ0n) is 9.22. The van der Waals surface area contributed by atoms with Gasteiger partial charge in [0.25, 0.3) is 0 Å². The van der Waals surface area contributed by atoms with Crippen LogP contribution in [0.3, 0.4) is 0 Å². The zero-order valence-corrected chi connectivity index (χ0v) is 9.22. The summed E-state index contributed by atoms with van der Waals surface area (Å²) in [6, 6.07) is 8.47. The summed E-state index contributed by atoms with van der Waals surface area (Å²) in [4.78, 5) is 0. The van der Waals surface area contributed by atoms with Crippen molar-refractivity contribution in [3.05, 3.63) is 35.4 Å². The van der Waals surface area contributed by atoms with E-state index in [1.54, 1.807) is 0 Å². The molecular weight excluding hydrogens is 158 g/mol. The summed E-state index contributed by atoms with van der Waals surface area (Å²) in [5.74, 6) is 0. The minimum atomic E-state index is 0.989. The summed E-state index contributed by atoms with van der Waals surface area (Å²) in [6.07, 6.45) is 0. The molecule has 1 aromatic rings. The molecule has 0 fully saturated rings. The fourth-order valence-electron chi connectivity index (χ4n) is 1.07. The molecule has 0 aliphatic rings. The van der Waals surface area contributed by atoms with E-state index in [0.29, 0.717) is 0 Å². The highest BCUT2D eigenvalue weighted by atomic mass is 14.8. The first-order valence-corrected chi connectivity index (χ1v) is 5.10. The molecule has 1 aromatic carbocycles.